The molecule has 1 aromatic heterocycles. The van der Waals surface area contributed by atoms with Crippen LogP contribution in [0.5, 0.6) is 0 Å². The second kappa shape index (κ2) is 5.45. The van der Waals surface area contributed by atoms with Crippen LogP contribution in [0.4, 0.5) is 0 Å². The third-order valence-corrected chi connectivity index (χ3v) is 5.53. The van der Waals surface area contributed by atoms with E-state index >= 15 is 0 Å². The minimum absolute atomic E-state index is 0.748. The smallest absolute Gasteiger partial charge is 0.209 e. The zero-order valence-electron chi connectivity index (χ0n) is 12.8. The molecule has 3 nitrogen and oxygen atoms in total. The molecule has 1 aliphatic carbocycles. The Morgan fingerprint density at radius 1 is 1.19 bits per heavy atom. The molecular formula is C18H24N2O. The average molecular weight is 284 g/mol. The predicted octanol–water partition coefficient (Wildman–Crippen LogP) is 4.23. The number of piperidine rings is 1. The lowest BCUT2D eigenvalue weighted by Crippen LogP contribution is -2.49. The summed E-state index contributed by atoms with van der Waals surface area (Å²) in [6.07, 6.45) is 6.90. The Balaban J connectivity index is 1.55. The Hall–Kier alpha value is -1.35. The van der Waals surface area contributed by atoms with Crippen molar-refractivity contribution in [3.63, 3.8) is 0 Å². The van der Waals surface area contributed by atoms with Crippen LogP contribution in [-0.4, -0.2) is 22.5 Å². The van der Waals surface area contributed by atoms with Crippen molar-refractivity contribution in [2.24, 2.45) is 11.8 Å². The molecule has 0 amide bonds. The number of para-hydroxylation sites is 2. The van der Waals surface area contributed by atoms with Crippen LogP contribution in [0.15, 0.2) is 28.7 Å². The first-order valence-electron chi connectivity index (χ1n) is 8.40. The summed E-state index contributed by atoms with van der Waals surface area (Å²) in [6, 6.07) is 8.82. The molecule has 1 aliphatic heterocycles. The van der Waals surface area contributed by atoms with Crippen LogP contribution in [0.1, 0.15) is 44.9 Å². The van der Waals surface area contributed by atoms with Crippen molar-refractivity contribution in [1.29, 1.82) is 0 Å². The third-order valence-electron chi connectivity index (χ3n) is 5.53. The van der Waals surface area contributed by atoms with Gasteiger partial charge in [-0.1, -0.05) is 31.9 Å². The zero-order chi connectivity index (χ0) is 14.2. The molecule has 2 aliphatic rings. The normalized spacial score (nSPS) is 30.4. The Morgan fingerprint density at radius 2 is 2.05 bits per heavy atom. The van der Waals surface area contributed by atoms with Gasteiger partial charge in [-0.15, -0.1) is 0 Å². The Morgan fingerprint density at radius 3 is 2.95 bits per heavy atom. The molecule has 1 saturated carbocycles. The number of rotatable bonds is 2. The molecule has 4 rings (SSSR count). The minimum atomic E-state index is 0.748. The molecule has 3 atom stereocenters. The fourth-order valence-electron chi connectivity index (χ4n) is 4.36. The fraction of sp³-hybridized carbons (Fsp3) is 0.611. The summed E-state index contributed by atoms with van der Waals surface area (Å²) in [5.41, 5.74) is 1.90. The molecule has 2 heterocycles. The lowest BCUT2D eigenvalue weighted by Gasteiger charge is -2.47. The maximum atomic E-state index is 5.92. The standard InChI is InChI=1S/C18H24N2O/c1-13-10-11-20(16-8-4-2-6-14(13)16)12-18-19-15-7-3-5-9-17(15)21-18/h3,5,7,9,13-14,16H,2,4,6,8,10-12H2,1H3/t13-,14+,16+/m1/s1. The van der Waals surface area contributed by atoms with Gasteiger partial charge in [-0.2, -0.15) is 0 Å². The highest BCUT2D eigenvalue weighted by Crippen LogP contribution is 2.39. The van der Waals surface area contributed by atoms with Crippen LogP contribution in [-0.2, 0) is 6.54 Å². The van der Waals surface area contributed by atoms with Gasteiger partial charge in [0, 0.05) is 6.04 Å². The summed E-state index contributed by atoms with van der Waals surface area (Å²) in [7, 11) is 0. The maximum Gasteiger partial charge on any atom is 0.209 e. The van der Waals surface area contributed by atoms with Crippen molar-refractivity contribution in [3.8, 4) is 0 Å². The van der Waals surface area contributed by atoms with Gasteiger partial charge in [-0.25, -0.2) is 4.98 Å². The average Bonchev–Trinajstić information content (AvgIpc) is 2.93. The number of benzene rings is 1. The maximum absolute atomic E-state index is 5.92. The number of hydrogen-bond donors (Lipinski definition) is 0. The molecule has 0 N–H and O–H groups in total. The highest BCUT2D eigenvalue weighted by molar-refractivity contribution is 5.72. The molecule has 21 heavy (non-hydrogen) atoms. The summed E-state index contributed by atoms with van der Waals surface area (Å²) < 4.78 is 5.92. The largest absolute Gasteiger partial charge is 0.439 e. The van der Waals surface area contributed by atoms with E-state index in [2.05, 4.69) is 16.8 Å². The van der Waals surface area contributed by atoms with Gasteiger partial charge in [0.1, 0.15) is 5.52 Å². The zero-order valence-corrected chi connectivity index (χ0v) is 12.8. The lowest BCUT2D eigenvalue weighted by atomic mass is 9.72. The van der Waals surface area contributed by atoms with Gasteiger partial charge in [0.05, 0.1) is 6.54 Å². The van der Waals surface area contributed by atoms with Gasteiger partial charge in [-0.05, 0) is 49.8 Å². The van der Waals surface area contributed by atoms with Crippen LogP contribution in [0.25, 0.3) is 11.1 Å². The van der Waals surface area contributed by atoms with E-state index in [1.54, 1.807) is 0 Å². The monoisotopic (exact) mass is 284 g/mol. The minimum Gasteiger partial charge on any atom is -0.439 e. The van der Waals surface area contributed by atoms with E-state index in [-0.39, 0.29) is 0 Å². The van der Waals surface area contributed by atoms with Gasteiger partial charge in [0.25, 0.3) is 0 Å². The van der Waals surface area contributed by atoms with Crippen LogP contribution in [0.2, 0.25) is 0 Å². The second-order valence-electron chi connectivity index (χ2n) is 6.83. The van der Waals surface area contributed by atoms with Crippen LogP contribution in [0, 0.1) is 11.8 Å². The first-order chi connectivity index (χ1) is 10.3. The number of likely N-dealkylation sites (tertiary alicyclic amines) is 1. The van der Waals surface area contributed by atoms with Gasteiger partial charge in [0.2, 0.25) is 5.89 Å². The predicted molar refractivity (Wildman–Crippen MR) is 83.9 cm³/mol. The molecule has 2 aromatic rings. The van der Waals surface area contributed by atoms with Crippen LogP contribution >= 0.6 is 0 Å². The number of aromatic nitrogens is 1. The van der Waals surface area contributed by atoms with Gasteiger partial charge >= 0.3 is 0 Å². The first kappa shape index (κ1) is 13.3. The third kappa shape index (κ3) is 2.48. The van der Waals surface area contributed by atoms with Gasteiger partial charge in [-0.3, -0.25) is 4.90 Å². The van der Waals surface area contributed by atoms with E-state index in [0.29, 0.717) is 0 Å². The van der Waals surface area contributed by atoms with E-state index < -0.39 is 0 Å². The van der Waals surface area contributed by atoms with Crippen molar-refractivity contribution < 1.29 is 4.42 Å². The first-order valence-corrected chi connectivity index (χ1v) is 8.40. The number of fused-ring (bicyclic) bond motifs is 2. The Labute approximate surface area is 126 Å². The Bertz CT molecular complexity index is 587. The van der Waals surface area contributed by atoms with Crippen LogP contribution in [0.3, 0.4) is 0 Å². The molecular weight excluding hydrogens is 260 g/mol. The molecule has 112 valence electrons. The lowest BCUT2D eigenvalue weighted by molar-refractivity contribution is 0.0157. The van der Waals surface area contributed by atoms with Gasteiger partial charge < -0.3 is 4.42 Å². The molecule has 0 bridgehead atoms. The van der Waals surface area contributed by atoms with Crippen molar-refractivity contribution in [1.82, 2.24) is 9.88 Å². The number of oxazole rings is 1. The second-order valence-corrected chi connectivity index (χ2v) is 6.83. The molecule has 0 radical (unpaired) electrons. The van der Waals surface area contributed by atoms with E-state index in [1.807, 2.05) is 24.3 Å². The SMILES string of the molecule is C[C@@H]1CCN(Cc2nc3ccccc3o2)[C@H]2CCCC[C@@H]12. The van der Waals surface area contributed by atoms with Crippen molar-refractivity contribution >= 4 is 11.1 Å². The summed E-state index contributed by atoms with van der Waals surface area (Å²) in [5.74, 6) is 2.65. The number of hydrogen-bond acceptors (Lipinski definition) is 3. The highest BCUT2D eigenvalue weighted by Gasteiger charge is 2.37. The highest BCUT2D eigenvalue weighted by atomic mass is 16.3. The summed E-state index contributed by atoms with van der Waals surface area (Å²) in [6.45, 7) is 4.52. The van der Waals surface area contributed by atoms with E-state index in [1.165, 1.54) is 38.6 Å². The van der Waals surface area contributed by atoms with Gasteiger partial charge in [0.15, 0.2) is 5.58 Å². The molecule has 1 saturated heterocycles. The number of nitrogens with zero attached hydrogens (tertiary/aromatic N) is 2. The summed E-state index contributed by atoms with van der Waals surface area (Å²) >= 11 is 0. The quantitative estimate of drug-likeness (QED) is 0.826. The van der Waals surface area contributed by atoms with Crippen molar-refractivity contribution in [3.05, 3.63) is 30.2 Å². The molecule has 2 fully saturated rings. The summed E-state index contributed by atoms with van der Waals surface area (Å²) in [4.78, 5) is 7.29. The van der Waals surface area contributed by atoms with Crippen molar-refractivity contribution in [2.75, 3.05) is 6.54 Å². The fourth-order valence-corrected chi connectivity index (χ4v) is 4.36. The van der Waals surface area contributed by atoms with E-state index in [4.69, 9.17) is 4.42 Å². The van der Waals surface area contributed by atoms with E-state index in [0.717, 1.165) is 41.4 Å². The topological polar surface area (TPSA) is 29.3 Å². The molecule has 1 aromatic carbocycles. The van der Waals surface area contributed by atoms with Crippen LogP contribution < -0.4 is 0 Å². The molecule has 0 unspecified atom stereocenters. The molecule has 0 spiro atoms. The molecule has 3 heteroatoms. The summed E-state index contributed by atoms with van der Waals surface area (Å²) in [5, 5.41) is 0. The Kier molecular flexibility index (Phi) is 3.46. The van der Waals surface area contributed by atoms with E-state index in [9.17, 15) is 0 Å². The van der Waals surface area contributed by atoms with Crippen molar-refractivity contribution in [2.45, 2.75) is 51.6 Å².